The average molecular weight is 380 g/mol. The van der Waals surface area contributed by atoms with Gasteiger partial charge in [-0.05, 0) is 42.3 Å². The fraction of sp³-hybridized carbons (Fsp3) is 0.150. The van der Waals surface area contributed by atoms with Gasteiger partial charge in [0.25, 0.3) is 5.91 Å². The van der Waals surface area contributed by atoms with Crippen molar-refractivity contribution in [2.24, 2.45) is 0 Å². The van der Waals surface area contributed by atoms with Gasteiger partial charge in [-0.15, -0.1) is 11.3 Å². The first-order valence-corrected chi connectivity index (χ1v) is 9.41. The fourth-order valence-electron chi connectivity index (χ4n) is 2.62. The van der Waals surface area contributed by atoms with E-state index in [9.17, 15) is 9.59 Å². The predicted molar refractivity (Wildman–Crippen MR) is 110 cm³/mol. The lowest BCUT2D eigenvalue weighted by atomic mass is 10.1. The van der Waals surface area contributed by atoms with Crippen molar-refractivity contribution in [1.29, 1.82) is 0 Å². The molecule has 6 nitrogen and oxygen atoms in total. The van der Waals surface area contributed by atoms with Crippen LogP contribution in [0.1, 0.15) is 29.8 Å². The second-order valence-electron chi connectivity index (χ2n) is 5.90. The summed E-state index contributed by atoms with van der Waals surface area (Å²) in [7, 11) is 0. The zero-order valence-corrected chi connectivity index (χ0v) is 15.9. The van der Waals surface area contributed by atoms with Crippen LogP contribution < -0.4 is 16.0 Å². The maximum Gasteiger partial charge on any atom is 0.255 e. The van der Waals surface area contributed by atoms with Crippen LogP contribution in [0.25, 0.3) is 0 Å². The second-order valence-corrected chi connectivity index (χ2v) is 6.80. The van der Waals surface area contributed by atoms with Gasteiger partial charge in [0.05, 0.1) is 0 Å². The summed E-state index contributed by atoms with van der Waals surface area (Å²) in [6.45, 7) is 3.47. The Morgan fingerprint density at radius 3 is 2.63 bits per heavy atom. The predicted octanol–water partition coefficient (Wildman–Crippen LogP) is 4.66. The molecule has 0 unspecified atom stereocenters. The summed E-state index contributed by atoms with van der Waals surface area (Å²) < 4.78 is 0. The van der Waals surface area contributed by atoms with Gasteiger partial charge in [-0.3, -0.25) is 9.59 Å². The van der Waals surface area contributed by atoms with Crippen LogP contribution in [0.5, 0.6) is 0 Å². The molecule has 0 bridgehead atoms. The Kier molecular flexibility index (Phi) is 5.83. The van der Waals surface area contributed by atoms with Crippen LogP contribution in [0.3, 0.4) is 0 Å². The summed E-state index contributed by atoms with van der Waals surface area (Å²) in [6.07, 6.45) is 2.49. The van der Waals surface area contributed by atoms with Gasteiger partial charge in [0, 0.05) is 41.1 Å². The van der Waals surface area contributed by atoms with E-state index in [0.29, 0.717) is 16.9 Å². The molecule has 27 heavy (non-hydrogen) atoms. The number of benzene rings is 2. The average Bonchev–Trinajstić information content (AvgIpc) is 3.15. The van der Waals surface area contributed by atoms with E-state index in [2.05, 4.69) is 20.9 Å². The first kappa shape index (κ1) is 18.6. The lowest BCUT2D eigenvalue weighted by molar-refractivity contribution is -0.114. The maximum absolute atomic E-state index is 12.7. The van der Waals surface area contributed by atoms with Gasteiger partial charge < -0.3 is 16.0 Å². The van der Waals surface area contributed by atoms with Crippen molar-refractivity contribution in [3.8, 4) is 0 Å². The molecule has 1 aromatic heterocycles. The third-order valence-electron chi connectivity index (χ3n) is 3.87. The smallest absolute Gasteiger partial charge is 0.255 e. The number of nitrogens with zero attached hydrogens (tertiary/aromatic N) is 1. The Balaban J connectivity index is 1.79. The standard InChI is InChI=1S/C20H20N4O2S/c1-3-14-7-8-17(22-13(2)25)12-18(14)24-19(26)15-5-4-6-16(11-15)23-20-21-9-10-27-20/h4-12H,3H2,1-2H3,(H,21,23)(H,22,25)(H,24,26). The summed E-state index contributed by atoms with van der Waals surface area (Å²) in [5, 5.41) is 11.5. The van der Waals surface area contributed by atoms with Gasteiger partial charge in [-0.2, -0.15) is 0 Å². The van der Waals surface area contributed by atoms with E-state index in [1.165, 1.54) is 18.3 Å². The van der Waals surface area contributed by atoms with Gasteiger partial charge in [0.1, 0.15) is 0 Å². The van der Waals surface area contributed by atoms with Crippen molar-refractivity contribution in [3.63, 3.8) is 0 Å². The van der Waals surface area contributed by atoms with Crippen molar-refractivity contribution < 1.29 is 9.59 Å². The summed E-state index contributed by atoms with van der Waals surface area (Å²) in [5.41, 5.74) is 3.65. The summed E-state index contributed by atoms with van der Waals surface area (Å²) >= 11 is 1.49. The van der Waals surface area contributed by atoms with E-state index in [-0.39, 0.29) is 11.8 Å². The Morgan fingerprint density at radius 1 is 1.07 bits per heavy atom. The van der Waals surface area contributed by atoms with Gasteiger partial charge >= 0.3 is 0 Å². The second kappa shape index (κ2) is 8.46. The minimum atomic E-state index is -0.215. The first-order chi connectivity index (χ1) is 13.0. The van der Waals surface area contributed by atoms with Gasteiger partial charge in [-0.1, -0.05) is 19.1 Å². The third kappa shape index (κ3) is 4.92. The third-order valence-corrected chi connectivity index (χ3v) is 4.56. The van der Waals surface area contributed by atoms with E-state index in [0.717, 1.165) is 22.8 Å². The number of thiazole rings is 1. The molecule has 0 spiro atoms. The molecule has 1 heterocycles. The lowest BCUT2D eigenvalue weighted by Gasteiger charge is -2.13. The summed E-state index contributed by atoms with van der Waals surface area (Å²) in [6, 6.07) is 12.7. The number of hydrogen-bond acceptors (Lipinski definition) is 5. The van der Waals surface area contributed by atoms with Crippen molar-refractivity contribution >= 4 is 45.3 Å². The molecule has 2 amide bonds. The molecule has 0 aliphatic heterocycles. The first-order valence-electron chi connectivity index (χ1n) is 8.53. The van der Waals surface area contributed by atoms with Crippen LogP contribution in [-0.2, 0) is 11.2 Å². The van der Waals surface area contributed by atoms with Gasteiger partial charge in [0.2, 0.25) is 5.91 Å². The van der Waals surface area contributed by atoms with E-state index >= 15 is 0 Å². The molecule has 3 N–H and O–H groups in total. The largest absolute Gasteiger partial charge is 0.332 e. The van der Waals surface area contributed by atoms with Crippen molar-refractivity contribution in [3.05, 3.63) is 65.2 Å². The Hall–Kier alpha value is -3.19. The Morgan fingerprint density at radius 2 is 1.93 bits per heavy atom. The number of anilines is 4. The SMILES string of the molecule is CCc1ccc(NC(C)=O)cc1NC(=O)c1cccc(Nc2nccs2)c1. The van der Waals surface area contributed by atoms with Crippen LogP contribution in [0.4, 0.5) is 22.2 Å². The molecule has 0 radical (unpaired) electrons. The zero-order chi connectivity index (χ0) is 19.2. The minimum Gasteiger partial charge on any atom is -0.332 e. The molecule has 0 fully saturated rings. The molecule has 0 aliphatic carbocycles. The van der Waals surface area contributed by atoms with Crippen LogP contribution in [0.15, 0.2) is 54.0 Å². The quantitative estimate of drug-likeness (QED) is 0.581. The minimum absolute atomic E-state index is 0.155. The number of nitrogens with one attached hydrogen (secondary N) is 3. The number of carbonyl (C=O) groups excluding carboxylic acids is 2. The molecule has 3 rings (SSSR count). The van der Waals surface area contributed by atoms with Crippen molar-refractivity contribution in [1.82, 2.24) is 4.98 Å². The Bertz CT molecular complexity index is 954. The topological polar surface area (TPSA) is 83.1 Å². The summed E-state index contributed by atoms with van der Waals surface area (Å²) in [5.74, 6) is -0.370. The molecule has 0 saturated heterocycles. The molecular formula is C20H20N4O2S. The van der Waals surface area contributed by atoms with Crippen LogP contribution in [0.2, 0.25) is 0 Å². The van der Waals surface area contributed by atoms with E-state index in [1.54, 1.807) is 24.4 Å². The molecular weight excluding hydrogens is 360 g/mol. The number of carbonyl (C=O) groups is 2. The Labute approximate surface area is 161 Å². The number of aryl methyl sites for hydroxylation is 1. The highest BCUT2D eigenvalue weighted by atomic mass is 32.1. The highest BCUT2D eigenvalue weighted by Crippen LogP contribution is 2.24. The number of amides is 2. The van der Waals surface area contributed by atoms with Crippen molar-refractivity contribution in [2.75, 3.05) is 16.0 Å². The molecule has 138 valence electrons. The normalized spacial score (nSPS) is 10.3. The lowest BCUT2D eigenvalue weighted by Crippen LogP contribution is -2.14. The number of aromatic nitrogens is 1. The highest BCUT2D eigenvalue weighted by molar-refractivity contribution is 7.13. The zero-order valence-electron chi connectivity index (χ0n) is 15.1. The van der Waals surface area contributed by atoms with Crippen molar-refractivity contribution in [2.45, 2.75) is 20.3 Å². The van der Waals surface area contributed by atoms with Crippen LogP contribution in [-0.4, -0.2) is 16.8 Å². The number of hydrogen-bond donors (Lipinski definition) is 3. The molecule has 7 heteroatoms. The fourth-order valence-corrected chi connectivity index (χ4v) is 3.17. The summed E-state index contributed by atoms with van der Waals surface area (Å²) in [4.78, 5) is 28.2. The molecule has 2 aromatic carbocycles. The van der Waals surface area contributed by atoms with Gasteiger partial charge in [0.15, 0.2) is 5.13 Å². The number of rotatable bonds is 6. The molecule has 0 saturated carbocycles. The van der Waals surface area contributed by atoms with Crippen LogP contribution in [0, 0.1) is 0 Å². The molecule has 0 atom stereocenters. The van der Waals surface area contributed by atoms with E-state index in [1.807, 2.05) is 36.6 Å². The molecule has 3 aromatic rings. The maximum atomic E-state index is 12.7. The highest BCUT2D eigenvalue weighted by Gasteiger charge is 2.11. The van der Waals surface area contributed by atoms with Crippen LogP contribution >= 0.6 is 11.3 Å². The monoisotopic (exact) mass is 380 g/mol. The van der Waals surface area contributed by atoms with E-state index < -0.39 is 0 Å². The van der Waals surface area contributed by atoms with E-state index in [4.69, 9.17) is 0 Å². The molecule has 0 aliphatic rings. The van der Waals surface area contributed by atoms with Gasteiger partial charge in [-0.25, -0.2) is 4.98 Å².